The molecule has 1 aliphatic carbocycles. The van der Waals surface area contributed by atoms with Crippen LogP contribution < -0.4 is 10.6 Å². The van der Waals surface area contributed by atoms with Crippen LogP contribution in [0.25, 0.3) is 0 Å². The van der Waals surface area contributed by atoms with Crippen molar-refractivity contribution in [3.8, 4) is 0 Å². The molecule has 0 bridgehead atoms. The molecule has 2 N–H and O–H groups in total. The molecule has 6 nitrogen and oxygen atoms in total. The summed E-state index contributed by atoms with van der Waals surface area (Å²) in [5.74, 6) is 1.20. The van der Waals surface area contributed by atoms with Crippen LogP contribution in [-0.2, 0) is 6.42 Å². The number of likely N-dealkylation sites (N-methyl/N-ethyl adjacent to an activating group) is 2. The Bertz CT molecular complexity index is 766. The molecule has 1 aromatic heterocycles. The molecular weight excluding hydrogens is 360 g/mol. The van der Waals surface area contributed by atoms with Gasteiger partial charge in [0.05, 0.1) is 17.4 Å². The van der Waals surface area contributed by atoms with E-state index >= 15 is 0 Å². The maximum absolute atomic E-state index is 4.63. The van der Waals surface area contributed by atoms with E-state index in [0.717, 1.165) is 44.7 Å². The smallest absolute Gasteiger partial charge is 0.108 e. The summed E-state index contributed by atoms with van der Waals surface area (Å²) in [6, 6.07) is 4.51. The van der Waals surface area contributed by atoms with Crippen LogP contribution in [0.2, 0.25) is 0 Å². The zero-order chi connectivity index (χ0) is 20.5. The van der Waals surface area contributed by atoms with Crippen LogP contribution in [0.3, 0.4) is 0 Å². The van der Waals surface area contributed by atoms with E-state index in [1.54, 1.807) is 0 Å². The van der Waals surface area contributed by atoms with Gasteiger partial charge in [0.25, 0.3) is 0 Å². The molecule has 1 unspecified atom stereocenters. The predicted octanol–water partition coefficient (Wildman–Crippen LogP) is 2.85. The van der Waals surface area contributed by atoms with Gasteiger partial charge in [-0.25, -0.2) is 0 Å². The SMILES string of the molecule is C=N/C(=C\N1CC=CC=C1N(CC)CCNC)CNC1CCCc2cccnc21. The summed E-state index contributed by atoms with van der Waals surface area (Å²) >= 11 is 0. The van der Waals surface area contributed by atoms with Crippen molar-refractivity contribution in [2.75, 3.05) is 39.8 Å². The van der Waals surface area contributed by atoms with E-state index in [-0.39, 0.29) is 6.04 Å². The van der Waals surface area contributed by atoms with Crippen molar-refractivity contribution in [3.63, 3.8) is 0 Å². The first kappa shape index (κ1) is 21.3. The molecule has 0 spiro atoms. The van der Waals surface area contributed by atoms with Gasteiger partial charge in [-0.1, -0.05) is 18.2 Å². The molecule has 0 saturated carbocycles. The third-order valence-corrected chi connectivity index (χ3v) is 5.55. The molecule has 2 aliphatic rings. The van der Waals surface area contributed by atoms with Gasteiger partial charge in [0.15, 0.2) is 0 Å². The highest BCUT2D eigenvalue weighted by Gasteiger charge is 2.21. The van der Waals surface area contributed by atoms with E-state index in [0.29, 0.717) is 6.54 Å². The lowest BCUT2D eigenvalue weighted by Crippen LogP contribution is -2.38. The zero-order valence-electron chi connectivity index (χ0n) is 17.8. The van der Waals surface area contributed by atoms with E-state index in [1.165, 1.54) is 23.5 Å². The number of nitrogens with zero attached hydrogens (tertiary/aromatic N) is 4. The third-order valence-electron chi connectivity index (χ3n) is 5.55. The molecule has 156 valence electrons. The Labute approximate surface area is 175 Å². The normalized spacial score (nSPS) is 19.0. The number of nitrogens with one attached hydrogen (secondary N) is 2. The Balaban J connectivity index is 1.68. The molecule has 3 rings (SSSR count). The first-order chi connectivity index (χ1) is 14.3. The number of rotatable bonds is 10. The average Bonchev–Trinajstić information content (AvgIpc) is 2.78. The van der Waals surface area contributed by atoms with Crippen molar-refractivity contribution in [3.05, 3.63) is 65.5 Å². The highest BCUT2D eigenvalue weighted by atomic mass is 15.3. The molecule has 6 heteroatoms. The fourth-order valence-electron chi connectivity index (χ4n) is 3.96. The minimum Gasteiger partial charge on any atom is -0.357 e. The molecule has 1 aromatic rings. The summed E-state index contributed by atoms with van der Waals surface area (Å²) in [5.41, 5.74) is 3.50. The topological polar surface area (TPSA) is 55.8 Å². The van der Waals surface area contributed by atoms with E-state index in [9.17, 15) is 0 Å². The number of aliphatic imine (C=N–C) groups is 1. The lowest BCUT2D eigenvalue weighted by atomic mass is 9.92. The maximum Gasteiger partial charge on any atom is 0.108 e. The fourth-order valence-corrected chi connectivity index (χ4v) is 3.96. The molecule has 2 heterocycles. The van der Waals surface area contributed by atoms with Crippen LogP contribution in [-0.4, -0.2) is 61.3 Å². The maximum atomic E-state index is 4.63. The van der Waals surface area contributed by atoms with Crippen molar-refractivity contribution in [2.24, 2.45) is 4.99 Å². The Morgan fingerprint density at radius 3 is 3.17 bits per heavy atom. The molecule has 29 heavy (non-hydrogen) atoms. The second kappa shape index (κ2) is 10.9. The summed E-state index contributed by atoms with van der Waals surface area (Å²) in [6.07, 6.45) is 13.9. The van der Waals surface area contributed by atoms with Gasteiger partial charge in [-0.3, -0.25) is 9.98 Å². The number of hydrogen-bond acceptors (Lipinski definition) is 6. The Hall–Kier alpha value is -2.44. The number of aryl methyl sites for hydroxylation is 1. The average molecular weight is 395 g/mol. The molecule has 1 aliphatic heterocycles. The van der Waals surface area contributed by atoms with Crippen LogP contribution in [0.1, 0.15) is 37.1 Å². The van der Waals surface area contributed by atoms with Crippen LogP contribution in [0, 0.1) is 0 Å². The number of fused-ring (bicyclic) bond motifs is 1. The standard InChI is InChI=1S/C23H34N6/c1-4-28(16-14-24-2)22-12-5-6-15-29(22)18-20(25-3)17-27-21-11-7-9-19-10-8-13-26-23(19)21/h5-6,8,10,12-13,18,21,24,27H,3-4,7,9,11,14-17H2,1-2H3/b20-18-. The van der Waals surface area contributed by atoms with E-state index in [2.05, 4.69) is 74.5 Å². The lowest BCUT2D eigenvalue weighted by molar-refractivity contribution is 0.268. The summed E-state index contributed by atoms with van der Waals surface area (Å²) in [6.45, 7) is 10.4. The van der Waals surface area contributed by atoms with E-state index < -0.39 is 0 Å². The number of allylic oxidation sites excluding steroid dienone is 2. The Morgan fingerprint density at radius 1 is 1.48 bits per heavy atom. The van der Waals surface area contributed by atoms with Gasteiger partial charge in [-0.2, -0.15) is 0 Å². The van der Waals surface area contributed by atoms with Crippen LogP contribution >= 0.6 is 0 Å². The monoisotopic (exact) mass is 394 g/mol. The number of aromatic nitrogens is 1. The van der Waals surface area contributed by atoms with Gasteiger partial charge in [0.2, 0.25) is 0 Å². The molecular formula is C23H34N6. The van der Waals surface area contributed by atoms with Crippen LogP contribution in [0.4, 0.5) is 0 Å². The van der Waals surface area contributed by atoms with Crippen molar-refractivity contribution in [1.82, 2.24) is 25.4 Å². The van der Waals surface area contributed by atoms with E-state index in [4.69, 9.17) is 0 Å². The second-order valence-electron chi connectivity index (χ2n) is 7.44. The second-order valence-corrected chi connectivity index (χ2v) is 7.44. The minimum atomic E-state index is 0.282. The number of hydrogen-bond donors (Lipinski definition) is 2. The minimum absolute atomic E-state index is 0.282. The fraction of sp³-hybridized carbons (Fsp3) is 0.478. The van der Waals surface area contributed by atoms with Crippen LogP contribution in [0.15, 0.2) is 59.3 Å². The molecule has 1 atom stereocenters. The zero-order valence-corrected chi connectivity index (χ0v) is 17.8. The molecule has 0 amide bonds. The number of pyridine rings is 1. The van der Waals surface area contributed by atoms with Crippen molar-refractivity contribution >= 4 is 6.72 Å². The lowest BCUT2D eigenvalue weighted by Gasteiger charge is -2.34. The quantitative estimate of drug-likeness (QED) is 0.598. The molecule has 0 radical (unpaired) electrons. The van der Waals surface area contributed by atoms with E-state index in [1.807, 2.05) is 19.3 Å². The summed E-state index contributed by atoms with van der Waals surface area (Å²) < 4.78 is 0. The molecule has 0 saturated heterocycles. The van der Waals surface area contributed by atoms with Crippen LogP contribution in [0.5, 0.6) is 0 Å². The third kappa shape index (κ3) is 5.55. The van der Waals surface area contributed by atoms with Gasteiger partial charge in [-0.05, 0) is 57.7 Å². The summed E-state index contributed by atoms with van der Waals surface area (Å²) in [5, 5.41) is 6.90. The summed E-state index contributed by atoms with van der Waals surface area (Å²) in [7, 11) is 1.99. The summed E-state index contributed by atoms with van der Waals surface area (Å²) in [4.78, 5) is 13.6. The van der Waals surface area contributed by atoms with Crippen molar-refractivity contribution in [2.45, 2.75) is 32.2 Å². The Morgan fingerprint density at radius 2 is 2.38 bits per heavy atom. The van der Waals surface area contributed by atoms with Crippen molar-refractivity contribution < 1.29 is 0 Å². The molecule has 0 aromatic carbocycles. The Kier molecular flexibility index (Phi) is 8.02. The van der Waals surface area contributed by atoms with Crippen molar-refractivity contribution in [1.29, 1.82) is 0 Å². The van der Waals surface area contributed by atoms with Gasteiger partial charge in [-0.15, -0.1) is 0 Å². The predicted molar refractivity (Wildman–Crippen MR) is 121 cm³/mol. The van der Waals surface area contributed by atoms with Gasteiger partial charge in [0, 0.05) is 45.1 Å². The first-order valence-corrected chi connectivity index (χ1v) is 10.6. The first-order valence-electron chi connectivity index (χ1n) is 10.6. The largest absolute Gasteiger partial charge is 0.357 e. The molecule has 0 fully saturated rings. The highest BCUT2D eigenvalue weighted by molar-refractivity contribution is 5.31. The highest BCUT2D eigenvalue weighted by Crippen LogP contribution is 2.27. The van der Waals surface area contributed by atoms with Gasteiger partial charge >= 0.3 is 0 Å². The van der Waals surface area contributed by atoms with Gasteiger partial charge < -0.3 is 20.4 Å². The van der Waals surface area contributed by atoms with Gasteiger partial charge in [0.1, 0.15) is 5.82 Å².